The Hall–Kier alpha value is -11.7. The van der Waals surface area contributed by atoms with E-state index in [0.29, 0.717) is 48.2 Å². The van der Waals surface area contributed by atoms with Crippen molar-refractivity contribution in [1.82, 2.24) is 39.5 Å². The fourth-order valence-corrected chi connectivity index (χ4v) is 10.7. The molecule has 6 heterocycles. The number of aliphatic hydroxyl groups excluding tert-OH is 1. The molecule has 0 bridgehead atoms. The van der Waals surface area contributed by atoms with E-state index < -0.39 is 5.97 Å². The first-order valence-corrected chi connectivity index (χ1v) is 29.9. The second-order valence-electron chi connectivity index (χ2n) is 21.4. The van der Waals surface area contributed by atoms with Crippen LogP contribution in [0.4, 0.5) is 0 Å². The van der Waals surface area contributed by atoms with Gasteiger partial charge in [0.05, 0.1) is 61.0 Å². The van der Waals surface area contributed by atoms with Crippen molar-refractivity contribution in [3.05, 3.63) is 300 Å². The molecule has 0 amide bonds. The van der Waals surface area contributed by atoms with Crippen molar-refractivity contribution in [2.45, 2.75) is 40.1 Å². The molecule has 15 aromatic rings. The minimum Gasteiger partial charge on any atom is -0.463 e. The van der Waals surface area contributed by atoms with E-state index in [1.165, 1.54) is 45.8 Å². The van der Waals surface area contributed by atoms with Crippen LogP contribution in [-0.2, 0) is 35.7 Å². The molecule has 15 heteroatoms. The maximum absolute atomic E-state index is 11.9. The highest BCUT2D eigenvalue weighted by Crippen LogP contribution is 2.33. The number of aromatic amines is 1. The van der Waals surface area contributed by atoms with Crippen molar-refractivity contribution in [2.24, 2.45) is 0 Å². The number of hydrogen-bond donors (Lipinski definition) is 2. The van der Waals surface area contributed by atoms with Crippen molar-refractivity contribution in [1.29, 1.82) is 0 Å². The molecule has 2 N–H and O–H groups in total. The van der Waals surface area contributed by atoms with Crippen LogP contribution in [0.5, 0.6) is 0 Å². The van der Waals surface area contributed by atoms with Crippen LogP contribution in [0.15, 0.2) is 270 Å². The van der Waals surface area contributed by atoms with Crippen LogP contribution in [0.25, 0.3) is 89.0 Å². The first-order chi connectivity index (χ1) is 44.7. The van der Waals surface area contributed by atoms with Crippen molar-refractivity contribution < 1.29 is 33.0 Å². The zero-order valence-electron chi connectivity index (χ0n) is 50.4. The van der Waals surface area contributed by atoms with Gasteiger partial charge in [-0.05, 0) is 91.2 Å². The molecule has 6 aromatic heterocycles. The van der Waals surface area contributed by atoms with E-state index in [2.05, 4.69) is 142 Å². The molecular weight excluding hydrogens is 1140 g/mol. The van der Waals surface area contributed by atoms with Gasteiger partial charge in [0.1, 0.15) is 35.1 Å². The van der Waals surface area contributed by atoms with Crippen LogP contribution in [0.1, 0.15) is 55.9 Å². The number of aryl methyl sites for hydroxylation is 1. The Morgan fingerprint density at radius 3 is 1.36 bits per heavy atom. The van der Waals surface area contributed by atoms with Crippen LogP contribution in [-0.4, -0.2) is 70.3 Å². The highest BCUT2D eigenvalue weighted by atomic mass is 16.5. The standard InChI is InChI=1S/C23H20N2O2.C21H18N2.C19H16N2O2.C13H10N2O3/c1-2-27-23(26)19-14-12-18(13-15-19)22-20-10-6-7-11-21(20)25(24-22)16-17-8-4-3-5-9-17;1-16-11-13-18(14-12-16)21-19-9-5-6-10-20(19)23(22-21)15-17-7-3-2-4-8-17;22-13-15-10-11-18(23-15)19-16-8-4-5-9-17(16)21(20-19)12-14-6-2-1-3-7-14;1-17-13(16)11-7-6-10(18-11)12-8-4-2-3-5-9(8)14-15-12/h3-15H,2,16H2,1H3;2-14H,15H2,1H3;1-11,22H,12-13H2;2-7H,1H3,(H,14,15). The molecule has 0 unspecified atom stereocenters. The maximum atomic E-state index is 11.9. The highest BCUT2D eigenvalue weighted by molar-refractivity contribution is 5.97. The van der Waals surface area contributed by atoms with Crippen molar-refractivity contribution >= 4 is 55.6 Å². The van der Waals surface area contributed by atoms with E-state index in [1.807, 2.05) is 125 Å². The fraction of sp³-hybridized carbons (Fsp3) is 0.105. The van der Waals surface area contributed by atoms with Crippen molar-refractivity contribution in [3.63, 3.8) is 0 Å². The Labute approximate surface area is 525 Å². The molecule has 0 aliphatic carbocycles. The highest BCUT2D eigenvalue weighted by Gasteiger charge is 2.19. The first kappa shape index (κ1) is 59.6. The number of aliphatic hydroxyl groups is 1. The molecule has 9 aromatic carbocycles. The third-order valence-electron chi connectivity index (χ3n) is 15.2. The molecule has 0 saturated heterocycles. The number of nitrogens with one attached hydrogen (secondary N) is 1. The number of rotatable bonds is 14. The number of methoxy groups -OCH3 is 1. The van der Waals surface area contributed by atoms with Gasteiger partial charge in [0.15, 0.2) is 11.5 Å². The predicted molar refractivity (Wildman–Crippen MR) is 356 cm³/mol. The van der Waals surface area contributed by atoms with E-state index >= 15 is 0 Å². The van der Waals surface area contributed by atoms with E-state index in [-0.39, 0.29) is 18.3 Å². The lowest BCUT2D eigenvalue weighted by Crippen LogP contribution is -2.04. The zero-order valence-corrected chi connectivity index (χ0v) is 50.4. The third-order valence-corrected chi connectivity index (χ3v) is 15.2. The molecule has 0 aliphatic rings. The summed E-state index contributed by atoms with van der Waals surface area (Å²) in [5.74, 6) is 1.12. The number of fused-ring (bicyclic) bond motifs is 4. The largest absolute Gasteiger partial charge is 0.463 e. The number of para-hydroxylation sites is 4. The lowest BCUT2D eigenvalue weighted by Gasteiger charge is -2.04. The average molecular weight is 1200 g/mol. The summed E-state index contributed by atoms with van der Waals surface area (Å²) < 4.78 is 26.9. The molecule has 15 nitrogen and oxygen atoms in total. The lowest BCUT2D eigenvalue weighted by atomic mass is 10.1. The molecule has 450 valence electrons. The second kappa shape index (κ2) is 28.0. The van der Waals surface area contributed by atoms with Crippen LogP contribution < -0.4 is 0 Å². The number of hydrogen-bond acceptors (Lipinski definition) is 11. The molecule has 0 radical (unpaired) electrons. The topological polar surface area (TPSA) is 181 Å². The van der Waals surface area contributed by atoms with E-state index in [4.69, 9.17) is 28.9 Å². The third kappa shape index (κ3) is 13.7. The van der Waals surface area contributed by atoms with Crippen LogP contribution >= 0.6 is 0 Å². The second-order valence-corrected chi connectivity index (χ2v) is 21.4. The molecule has 91 heavy (non-hydrogen) atoms. The van der Waals surface area contributed by atoms with Gasteiger partial charge >= 0.3 is 11.9 Å². The Balaban J connectivity index is 0.000000118. The first-order valence-electron chi connectivity index (χ1n) is 29.9. The van der Waals surface area contributed by atoms with Gasteiger partial charge in [0.25, 0.3) is 0 Å². The average Bonchev–Trinajstić information content (AvgIpc) is 1.74. The Bertz CT molecular complexity index is 4890. The number of ether oxygens (including phenoxy) is 2. The van der Waals surface area contributed by atoms with Crippen LogP contribution in [0.2, 0.25) is 0 Å². The van der Waals surface area contributed by atoms with Gasteiger partial charge in [0.2, 0.25) is 5.76 Å². The summed E-state index contributed by atoms with van der Waals surface area (Å²) in [5.41, 5.74) is 15.3. The lowest BCUT2D eigenvalue weighted by molar-refractivity contribution is 0.0524. The number of aromatic nitrogens is 8. The van der Waals surface area contributed by atoms with Gasteiger partial charge in [0, 0.05) is 32.7 Å². The summed E-state index contributed by atoms with van der Waals surface area (Å²) in [6, 6.07) is 86.4. The normalized spacial score (nSPS) is 10.9. The molecular formula is C76H64N8O7. The quantitative estimate of drug-likeness (QED) is 0.0989. The number of furan rings is 2. The van der Waals surface area contributed by atoms with E-state index in [9.17, 15) is 14.7 Å². The van der Waals surface area contributed by atoms with Gasteiger partial charge in [-0.3, -0.25) is 19.1 Å². The number of benzene rings is 9. The van der Waals surface area contributed by atoms with Gasteiger partial charge in [-0.2, -0.15) is 20.4 Å². The van der Waals surface area contributed by atoms with E-state index in [0.717, 1.165) is 61.9 Å². The van der Waals surface area contributed by atoms with Crippen LogP contribution in [0, 0.1) is 6.92 Å². The number of carbonyl (C=O) groups excluding carboxylic acids is 2. The minimum atomic E-state index is -0.499. The summed E-state index contributed by atoms with van der Waals surface area (Å²) in [5, 5.41) is 35.1. The molecule has 0 atom stereocenters. The van der Waals surface area contributed by atoms with Crippen LogP contribution in [0.3, 0.4) is 0 Å². The Morgan fingerprint density at radius 1 is 0.451 bits per heavy atom. The molecule has 0 spiro atoms. The summed E-state index contributed by atoms with van der Waals surface area (Å²) in [7, 11) is 1.31. The van der Waals surface area contributed by atoms with Gasteiger partial charge in [-0.1, -0.05) is 206 Å². The molecule has 0 fully saturated rings. The SMILES string of the molecule is CCOC(=O)c1ccc(-c2nn(Cc3ccccc3)c3ccccc23)cc1.COC(=O)c1ccc(-c2n[nH]c3ccccc23)o1.Cc1ccc(-c2nn(Cc3ccccc3)c3ccccc23)cc1.OCc1ccc(-c2nn(Cc3ccccc3)c3ccccc23)o1. The predicted octanol–water partition coefficient (Wildman–Crippen LogP) is 16.4. The molecule has 15 rings (SSSR count). The number of nitrogens with zero attached hydrogens (tertiary/aromatic N) is 7. The summed E-state index contributed by atoms with van der Waals surface area (Å²) in [6.07, 6.45) is 0. The monoisotopic (exact) mass is 1200 g/mol. The zero-order chi connectivity index (χ0) is 62.5. The maximum Gasteiger partial charge on any atom is 0.373 e. The number of carbonyl (C=O) groups is 2. The van der Waals surface area contributed by atoms with Gasteiger partial charge in [-0.25, -0.2) is 9.59 Å². The molecule has 0 aliphatic heterocycles. The minimum absolute atomic E-state index is 0.108. The Morgan fingerprint density at radius 2 is 0.879 bits per heavy atom. The van der Waals surface area contributed by atoms with Gasteiger partial charge < -0.3 is 23.4 Å². The molecule has 0 saturated carbocycles. The summed E-state index contributed by atoms with van der Waals surface area (Å²) in [4.78, 5) is 23.2. The number of H-pyrrole nitrogens is 1. The smallest absolute Gasteiger partial charge is 0.373 e. The van der Waals surface area contributed by atoms with Gasteiger partial charge in [-0.15, -0.1) is 0 Å². The number of esters is 2. The summed E-state index contributed by atoms with van der Waals surface area (Å²) >= 11 is 0. The van der Waals surface area contributed by atoms with Crippen molar-refractivity contribution in [3.8, 4) is 45.4 Å². The van der Waals surface area contributed by atoms with E-state index in [1.54, 1.807) is 37.3 Å². The fourth-order valence-electron chi connectivity index (χ4n) is 10.7. The Kier molecular flexibility index (Phi) is 18.4. The summed E-state index contributed by atoms with van der Waals surface area (Å²) in [6.45, 7) is 6.37. The van der Waals surface area contributed by atoms with Crippen molar-refractivity contribution in [2.75, 3.05) is 13.7 Å².